The van der Waals surface area contributed by atoms with E-state index in [2.05, 4.69) is 24.5 Å². The summed E-state index contributed by atoms with van der Waals surface area (Å²) in [5.41, 5.74) is 0.563. The number of carboxylic acids is 1. The zero-order valence-corrected chi connectivity index (χ0v) is 29.1. The van der Waals surface area contributed by atoms with Crippen molar-refractivity contribution >= 4 is 63.7 Å². The number of hydrogen-bond acceptors (Lipinski definition) is 7. The Balaban J connectivity index is 1.67. The number of benzene rings is 3. The van der Waals surface area contributed by atoms with Gasteiger partial charge in [-0.3, -0.25) is 28.9 Å². The van der Waals surface area contributed by atoms with E-state index < -0.39 is 42.4 Å². The molecule has 1 radical (unpaired) electrons. The highest BCUT2D eigenvalue weighted by atomic mass is 32.2. The second-order valence-corrected chi connectivity index (χ2v) is 13.4. The molecule has 1 aliphatic rings. The summed E-state index contributed by atoms with van der Waals surface area (Å²) in [6.07, 6.45) is 5.98. The summed E-state index contributed by atoms with van der Waals surface area (Å²) in [5.74, 6) is -2.36. The van der Waals surface area contributed by atoms with Crippen LogP contribution in [0.5, 0.6) is 5.75 Å². The Morgan fingerprint density at radius 3 is 2.17 bits per heavy atom. The molecule has 0 saturated heterocycles. The highest BCUT2D eigenvalue weighted by Crippen LogP contribution is 2.51. The number of amides is 3. The second-order valence-electron chi connectivity index (χ2n) is 11.5. The predicted molar refractivity (Wildman–Crippen MR) is 189 cm³/mol. The first kappa shape index (κ1) is 36.5. The standard InChI is InChI=1S/C36H42N3O7S2/c1-4-6-18-36(19-7-5-2)34(44)39(25-16-12-9-13-17-25)26-20-29(47-3)27(21-28(26)48-35(36)45)46-23-30(40)38-32(24-14-10-8-11-15-24)33(43)37-22-31(41)42/h8-17,20-21,32,48H,4-7,18-19,22-23H2,1-3H3,(H,37,43)(H,38,40)(H,41,42)/t32-/m1/s1. The van der Waals surface area contributed by atoms with Gasteiger partial charge in [0.1, 0.15) is 23.8 Å². The first-order chi connectivity index (χ1) is 23.1. The van der Waals surface area contributed by atoms with Crippen molar-refractivity contribution in [2.75, 3.05) is 24.3 Å². The van der Waals surface area contributed by atoms with Crippen molar-refractivity contribution in [1.82, 2.24) is 10.6 Å². The van der Waals surface area contributed by atoms with Crippen molar-refractivity contribution in [2.45, 2.75) is 68.2 Å². The van der Waals surface area contributed by atoms with Crippen LogP contribution in [0.25, 0.3) is 0 Å². The van der Waals surface area contributed by atoms with Gasteiger partial charge in [-0.2, -0.15) is 0 Å². The van der Waals surface area contributed by atoms with Crippen molar-refractivity contribution in [2.24, 2.45) is 5.41 Å². The van der Waals surface area contributed by atoms with E-state index in [0.29, 0.717) is 57.1 Å². The average molecular weight is 693 g/mol. The van der Waals surface area contributed by atoms with Crippen LogP contribution in [0.4, 0.5) is 11.4 Å². The highest BCUT2D eigenvalue weighted by molar-refractivity contribution is 8.14. The minimum Gasteiger partial charge on any atom is -0.483 e. The van der Waals surface area contributed by atoms with Gasteiger partial charge in [-0.25, -0.2) is 0 Å². The molecule has 0 bridgehead atoms. The number of carbonyl (C=O) groups excluding carboxylic acids is 4. The molecule has 255 valence electrons. The number of para-hydroxylation sites is 1. The van der Waals surface area contributed by atoms with Crippen molar-refractivity contribution in [3.63, 3.8) is 0 Å². The maximum absolute atomic E-state index is 14.7. The molecule has 10 nitrogen and oxygen atoms in total. The number of carboxylic acid groups (broad SMARTS) is 1. The maximum Gasteiger partial charge on any atom is 0.322 e. The fourth-order valence-corrected chi connectivity index (χ4v) is 7.37. The number of nitrogens with one attached hydrogen (secondary N) is 2. The molecule has 3 aromatic rings. The number of rotatable bonds is 16. The highest BCUT2D eigenvalue weighted by Gasteiger charge is 2.50. The molecule has 3 N–H and O–H groups in total. The number of nitrogens with zero attached hydrogens (tertiary/aromatic N) is 1. The Hall–Kier alpha value is -4.29. The Morgan fingerprint density at radius 1 is 0.958 bits per heavy atom. The molecule has 0 fully saturated rings. The lowest BCUT2D eigenvalue weighted by Crippen LogP contribution is -2.45. The predicted octanol–water partition coefficient (Wildman–Crippen LogP) is 6.24. The zero-order chi connectivity index (χ0) is 34.7. The molecule has 1 aliphatic heterocycles. The minimum atomic E-state index is -1.21. The van der Waals surface area contributed by atoms with E-state index in [4.69, 9.17) is 9.84 Å². The number of aliphatic carboxylic acids is 1. The monoisotopic (exact) mass is 692 g/mol. The molecule has 1 atom stereocenters. The van der Waals surface area contributed by atoms with E-state index in [1.165, 1.54) is 11.8 Å². The lowest BCUT2D eigenvalue weighted by molar-refractivity contribution is -0.138. The first-order valence-electron chi connectivity index (χ1n) is 16.0. The lowest BCUT2D eigenvalue weighted by atomic mass is 9.77. The molecule has 0 spiro atoms. The normalized spacial score (nSPS) is 14.4. The number of ether oxygens (including phenoxy) is 1. The summed E-state index contributed by atoms with van der Waals surface area (Å²) in [4.78, 5) is 68.8. The Bertz CT molecular complexity index is 1610. The van der Waals surface area contributed by atoms with Crippen LogP contribution in [0.2, 0.25) is 0 Å². The largest absolute Gasteiger partial charge is 0.483 e. The van der Waals surface area contributed by atoms with Crippen molar-refractivity contribution in [3.8, 4) is 5.75 Å². The fourth-order valence-electron chi connectivity index (χ4n) is 5.61. The smallest absolute Gasteiger partial charge is 0.322 e. The minimum absolute atomic E-state index is 0.146. The van der Waals surface area contributed by atoms with Gasteiger partial charge in [0.2, 0.25) is 11.8 Å². The summed E-state index contributed by atoms with van der Waals surface area (Å²) in [5, 5.41) is 13.8. The van der Waals surface area contributed by atoms with E-state index in [1.807, 2.05) is 42.7 Å². The number of fused-ring (bicyclic) bond motifs is 1. The van der Waals surface area contributed by atoms with E-state index >= 15 is 0 Å². The van der Waals surface area contributed by atoms with Gasteiger partial charge in [0.05, 0.1) is 10.6 Å². The first-order valence-corrected chi connectivity index (χ1v) is 18.1. The molecule has 0 aliphatic carbocycles. The molecule has 0 unspecified atom stereocenters. The molecule has 0 saturated carbocycles. The second kappa shape index (κ2) is 17.2. The Labute approximate surface area is 289 Å². The van der Waals surface area contributed by atoms with E-state index in [9.17, 15) is 24.0 Å². The Kier molecular flexibility index (Phi) is 13.1. The van der Waals surface area contributed by atoms with Crippen molar-refractivity contribution in [3.05, 3.63) is 78.4 Å². The molecule has 1 heterocycles. The van der Waals surface area contributed by atoms with E-state index in [-0.39, 0.29) is 11.0 Å². The SMILES string of the molecule is CCCCC1(CCCC)C(=O)[SH]c2cc(OCC(=O)N[C@@H](C(=O)NCC(=O)O)c3ccccc3)c(SC)cc2N(c2ccccc2)C1=O. The average Bonchev–Trinajstić information content (AvgIpc) is 3.18. The summed E-state index contributed by atoms with van der Waals surface area (Å²) < 4.78 is 6.02. The van der Waals surface area contributed by atoms with Gasteiger partial charge in [0, 0.05) is 10.6 Å². The molecular formula is C36H42N3O7S2. The van der Waals surface area contributed by atoms with Crippen molar-refractivity contribution < 1.29 is 33.8 Å². The van der Waals surface area contributed by atoms with Crippen LogP contribution in [0.15, 0.2) is 82.6 Å². The van der Waals surface area contributed by atoms with Crippen LogP contribution in [0.1, 0.15) is 64.0 Å². The summed E-state index contributed by atoms with van der Waals surface area (Å²) in [6, 6.07) is 20.2. The van der Waals surface area contributed by atoms with Crippen LogP contribution in [-0.4, -0.2) is 53.3 Å². The zero-order valence-electron chi connectivity index (χ0n) is 27.4. The van der Waals surface area contributed by atoms with Gasteiger partial charge in [0.15, 0.2) is 11.7 Å². The quantitative estimate of drug-likeness (QED) is 0.0786. The number of unbranched alkanes of at least 4 members (excludes halogenated alkanes) is 2. The van der Waals surface area contributed by atoms with Crippen LogP contribution >= 0.6 is 23.5 Å². The number of hydrogen-bond donors (Lipinski definition) is 4. The Morgan fingerprint density at radius 2 is 1.58 bits per heavy atom. The molecule has 0 aromatic heterocycles. The van der Waals surface area contributed by atoms with Crippen LogP contribution in [0.3, 0.4) is 0 Å². The third-order valence-corrected chi connectivity index (χ3v) is 10.1. The van der Waals surface area contributed by atoms with Crippen LogP contribution < -0.4 is 20.3 Å². The van der Waals surface area contributed by atoms with Crippen LogP contribution in [-0.2, 0) is 24.0 Å². The molecule has 48 heavy (non-hydrogen) atoms. The number of thioether (sulfide) groups is 1. The van der Waals surface area contributed by atoms with Gasteiger partial charge < -0.3 is 20.5 Å². The topological polar surface area (TPSA) is 142 Å². The van der Waals surface area contributed by atoms with Gasteiger partial charge >= 0.3 is 5.97 Å². The maximum atomic E-state index is 14.7. The van der Waals surface area contributed by atoms with E-state index in [1.54, 1.807) is 41.3 Å². The fraction of sp³-hybridized carbons (Fsp3) is 0.361. The molecule has 3 amide bonds. The van der Waals surface area contributed by atoms with Crippen molar-refractivity contribution in [1.29, 1.82) is 0 Å². The number of anilines is 2. The van der Waals surface area contributed by atoms with Gasteiger partial charge in [-0.15, -0.1) is 23.5 Å². The molecule has 3 aromatic carbocycles. The third-order valence-electron chi connectivity index (χ3n) is 8.15. The summed E-state index contributed by atoms with van der Waals surface area (Å²) in [6.45, 7) is 3.05. The molecular weight excluding hydrogens is 651 g/mol. The number of carbonyl (C=O) groups is 5. The van der Waals surface area contributed by atoms with E-state index in [0.717, 1.165) is 25.7 Å². The van der Waals surface area contributed by atoms with Crippen LogP contribution in [0, 0.1) is 5.41 Å². The lowest BCUT2D eigenvalue weighted by Gasteiger charge is -2.34. The van der Waals surface area contributed by atoms with Gasteiger partial charge in [0.25, 0.3) is 5.91 Å². The van der Waals surface area contributed by atoms with Gasteiger partial charge in [-0.1, -0.05) is 88.1 Å². The molecule has 12 heteroatoms. The number of thiol groups is 1. The summed E-state index contributed by atoms with van der Waals surface area (Å²) >= 11 is 1.75. The molecule has 4 rings (SSSR count). The third kappa shape index (κ3) is 8.59. The summed E-state index contributed by atoms with van der Waals surface area (Å²) in [7, 11) is 0. The van der Waals surface area contributed by atoms with Gasteiger partial charge in [-0.05, 0) is 48.9 Å².